The van der Waals surface area contributed by atoms with Gasteiger partial charge in [-0.3, -0.25) is 15.0 Å². The summed E-state index contributed by atoms with van der Waals surface area (Å²) in [6.45, 7) is 5.71. The number of amides is 3. The van der Waals surface area contributed by atoms with Gasteiger partial charge >= 0.3 is 6.03 Å². The molecular weight excluding hydrogens is 356 g/mol. The van der Waals surface area contributed by atoms with E-state index in [-0.39, 0.29) is 24.0 Å². The largest absolute Gasteiger partial charge is 0.366 e. The summed E-state index contributed by atoms with van der Waals surface area (Å²) in [5, 5.41) is 9.16. The van der Waals surface area contributed by atoms with Gasteiger partial charge in [-0.1, -0.05) is 19.1 Å². The van der Waals surface area contributed by atoms with E-state index in [0.717, 1.165) is 31.6 Å². The minimum Gasteiger partial charge on any atom is -0.366 e. The lowest BCUT2D eigenvalue weighted by molar-refractivity contribution is -0.122. The van der Waals surface area contributed by atoms with Crippen molar-refractivity contribution in [3.05, 3.63) is 48.1 Å². The van der Waals surface area contributed by atoms with Crippen LogP contribution >= 0.6 is 0 Å². The number of nitrogens with zero attached hydrogens (tertiary/aromatic N) is 3. The first-order valence-corrected chi connectivity index (χ1v) is 9.82. The maximum Gasteiger partial charge on any atom is 0.328 e. The number of urea groups is 1. The molecule has 3 aliphatic rings. The predicted molar refractivity (Wildman–Crippen MR) is 106 cm³/mol. The number of rotatable bonds is 4. The van der Waals surface area contributed by atoms with Gasteiger partial charge in [0.2, 0.25) is 5.91 Å². The van der Waals surface area contributed by atoms with Crippen LogP contribution in [0.25, 0.3) is 0 Å². The van der Waals surface area contributed by atoms with Crippen molar-refractivity contribution in [2.75, 3.05) is 18.4 Å². The SMILES string of the molecule is CC[C@H](C)NC(=O)C1C=CC2=C(N1)N(C(=O)Nc1ccccn1)[C@H]1CCN2C1. The van der Waals surface area contributed by atoms with E-state index in [1.807, 2.05) is 32.1 Å². The van der Waals surface area contributed by atoms with E-state index < -0.39 is 6.04 Å². The Morgan fingerprint density at radius 2 is 2.25 bits per heavy atom. The second-order valence-corrected chi connectivity index (χ2v) is 7.44. The van der Waals surface area contributed by atoms with E-state index in [2.05, 4.69) is 25.8 Å². The molecule has 3 aliphatic heterocycles. The van der Waals surface area contributed by atoms with Gasteiger partial charge in [0.05, 0.1) is 11.7 Å². The smallest absolute Gasteiger partial charge is 0.328 e. The minimum absolute atomic E-state index is 0.0692. The van der Waals surface area contributed by atoms with Crippen molar-refractivity contribution in [1.29, 1.82) is 0 Å². The normalized spacial score (nSPS) is 23.8. The van der Waals surface area contributed by atoms with Gasteiger partial charge in [0.25, 0.3) is 0 Å². The Morgan fingerprint density at radius 3 is 3.00 bits per heavy atom. The molecule has 0 radical (unpaired) electrons. The van der Waals surface area contributed by atoms with Crippen LogP contribution in [0.1, 0.15) is 26.7 Å². The highest BCUT2D eigenvalue weighted by molar-refractivity contribution is 5.91. The summed E-state index contributed by atoms with van der Waals surface area (Å²) in [4.78, 5) is 33.9. The van der Waals surface area contributed by atoms with Crippen molar-refractivity contribution in [1.82, 2.24) is 25.4 Å². The Balaban J connectivity index is 1.56. The summed E-state index contributed by atoms with van der Waals surface area (Å²) < 4.78 is 0. The average molecular weight is 382 g/mol. The maximum atomic E-state index is 13.1. The standard InChI is InChI=1S/C20H26N6O2/c1-3-13(2)22-19(27)15-7-8-16-18(23-15)26(14-9-11-25(16)12-14)20(28)24-17-6-4-5-10-21-17/h4-8,10,13-15,23H,3,9,11-12H2,1-2H3,(H,22,27)(H,21,24,28)/t13-,14-,15?/m0/s1. The van der Waals surface area contributed by atoms with Gasteiger partial charge in [-0.05, 0) is 38.0 Å². The second kappa shape index (κ2) is 7.53. The van der Waals surface area contributed by atoms with Gasteiger partial charge < -0.3 is 15.5 Å². The molecule has 3 amide bonds. The third kappa shape index (κ3) is 3.42. The summed E-state index contributed by atoms with van der Waals surface area (Å²) in [6.07, 6.45) is 7.22. The molecule has 1 aromatic rings. The molecule has 28 heavy (non-hydrogen) atoms. The van der Waals surface area contributed by atoms with E-state index in [4.69, 9.17) is 0 Å². The molecule has 0 aliphatic carbocycles. The molecule has 1 aromatic heterocycles. The van der Waals surface area contributed by atoms with Crippen LogP contribution in [0.2, 0.25) is 0 Å². The number of aromatic nitrogens is 1. The predicted octanol–water partition coefficient (Wildman–Crippen LogP) is 1.62. The summed E-state index contributed by atoms with van der Waals surface area (Å²) in [7, 11) is 0. The van der Waals surface area contributed by atoms with Gasteiger partial charge in [-0.25, -0.2) is 9.78 Å². The topological polar surface area (TPSA) is 89.6 Å². The molecule has 0 spiro atoms. The number of hydrogen-bond acceptors (Lipinski definition) is 5. The Kier molecular flexibility index (Phi) is 4.93. The van der Waals surface area contributed by atoms with Crippen LogP contribution in [-0.4, -0.2) is 57.9 Å². The van der Waals surface area contributed by atoms with Crippen LogP contribution in [0.4, 0.5) is 10.6 Å². The number of fused-ring (bicyclic) bond motifs is 3. The number of carbonyl (C=O) groups is 2. The molecule has 4 heterocycles. The molecule has 1 unspecified atom stereocenters. The number of anilines is 1. The Labute approximate surface area is 164 Å². The maximum absolute atomic E-state index is 13.1. The van der Waals surface area contributed by atoms with Gasteiger partial charge in [0, 0.05) is 25.3 Å². The van der Waals surface area contributed by atoms with Crippen LogP contribution in [0, 0.1) is 0 Å². The zero-order chi connectivity index (χ0) is 19.7. The van der Waals surface area contributed by atoms with Crippen molar-refractivity contribution in [2.45, 2.75) is 44.8 Å². The summed E-state index contributed by atoms with van der Waals surface area (Å²) in [5.41, 5.74) is 0.956. The summed E-state index contributed by atoms with van der Waals surface area (Å²) >= 11 is 0. The van der Waals surface area contributed by atoms with E-state index in [1.165, 1.54) is 0 Å². The fourth-order valence-electron chi connectivity index (χ4n) is 3.80. The Bertz CT molecular complexity index is 821. The molecule has 3 atom stereocenters. The molecule has 148 valence electrons. The van der Waals surface area contributed by atoms with Crippen molar-refractivity contribution in [3.63, 3.8) is 0 Å². The summed E-state index contributed by atoms with van der Waals surface area (Å²) in [5.74, 6) is 1.11. The number of nitrogens with one attached hydrogen (secondary N) is 3. The first kappa shape index (κ1) is 18.3. The van der Waals surface area contributed by atoms with Crippen LogP contribution in [0.3, 0.4) is 0 Å². The highest BCUT2D eigenvalue weighted by atomic mass is 16.2. The minimum atomic E-state index is -0.503. The van der Waals surface area contributed by atoms with Crippen molar-refractivity contribution < 1.29 is 9.59 Å². The van der Waals surface area contributed by atoms with Crippen molar-refractivity contribution in [3.8, 4) is 0 Å². The van der Waals surface area contributed by atoms with Crippen LogP contribution in [0.15, 0.2) is 48.1 Å². The molecule has 3 N–H and O–H groups in total. The molecule has 0 saturated carbocycles. The first-order valence-electron chi connectivity index (χ1n) is 9.82. The van der Waals surface area contributed by atoms with Gasteiger partial charge in [-0.2, -0.15) is 0 Å². The van der Waals surface area contributed by atoms with Crippen LogP contribution < -0.4 is 16.0 Å². The fraction of sp³-hybridized carbons (Fsp3) is 0.450. The van der Waals surface area contributed by atoms with Gasteiger partial charge in [0.1, 0.15) is 17.7 Å². The molecule has 2 bridgehead atoms. The number of dihydropyridines is 1. The molecular formula is C20H26N6O2. The first-order chi connectivity index (χ1) is 13.6. The number of allylic oxidation sites excluding steroid dienone is 1. The third-order valence-electron chi connectivity index (χ3n) is 5.49. The van der Waals surface area contributed by atoms with Crippen molar-refractivity contribution >= 4 is 17.8 Å². The number of pyridine rings is 1. The fourth-order valence-corrected chi connectivity index (χ4v) is 3.80. The third-order valence-corrected chi connectivity index (χ3v) is 5.49. The second-order valence-electron chi connectivity index (χ2n) is 7.44. The van der Waals surface area contributed by atoms with E-state index >= 15 is 0 Å². The zero-order valence-corrected chi connectivity index (χ0v) is 16.2. The Hall–Kier alpha value is -3.03. The lowest BCUT2D eigenvalue weighted by atomic mass is 10.1. The lowest BCUT2D eigenvalue weighted by Gasteiger charge is -2.41. The number of hydrogen-bond donors (Lipinski definition) is 3. The molecule has 1 fully saturated rings. The molecule has 4 rings (SSSR count). The molecule has 0 aromatic carbocycles. The van der Waals surface area contributed by atoms with Gasteiger partial charge in [0.15, 0.2) is 0 Å². The zero-order valence-electron chi connectivity index (χ0n) is 16.2. The highest BCUT2D eigenvalue weighted by Crippen LogP contribution is 2.33. The van der Waals surface area contributed by atoms with Crippen LogP contribution in [-0.2, 0) is 4.79 Å². The van der Waals surface area contributed by atoms with E-state index in [0.29, 0.717) is 11.6 Å². The monoisotopic (exact) mass is 382 g/mol. The molecule has 1 saturated heterocycles. The Morgan fingerprint density at radius 1 is 1.39 bits per heavy atom. The molecule has 8 nitrogen and oxygen atoms in total. The molecule has 8 heteroatoms. The highest BCUT2D eigenvalue weighted by Gasteiger charge is 2.42. The van der Waals surface area contributed by atoms with Crippen molar-refractivity contribution in [2.24, 2.45) is 0 Å². The number of carbonyl (C=O) groups excluding carboxylic acids is 2. The van der Waals surface area contributed by atoms with E-state index in [9.17, 15) is 9.59 Å². The lowest BCUT2D eigenvalue weighted by Crippen LogP contribution is -2.56. The average Bonchev–Trinajstić information content (AvgIpc) is 3.12. The van der Waals surface area contributed by atoms with Gasteiger partial charge in [-0.15, -0.1) is 0 Å². The van der Waals surface area contributed by atoms with E-state index in [1.54, 1.807) is 23.2 Å². The summed E-state index contributed by atoms with van der Waals surface area (Å²) in [6, 6.07) is 4.83. The van der Waals surface area contributed by atoms with Crippen LogP contribution in [0.5, 0.6) is 0 Å². The quantitative estimate of drug-likeness (QED) is 0.736.